The standard InChI is InChI=1S/C23H29N7O5S/c1-12(20(31)30-19(10-36)23(34)35)28-22(33)18(6-13-8-26-17-5-3-2-4-15(13)17)29-21(32)16(24)7-14-9-25-11-27-14/h2-5,8-9,11-12,16,18-19,26,36H,6-7,10,24H2,1H3,(H,25,27)(H,28,33)(H,29,32)(H,30,31)(H,34,35). The SMILES string of the molecule is CC(NC(=O)C(Cc1c[nH]c2ccccc12)NC(=O)C(N)Cc1cnc[nH]1)C(=O)NC(CS)C(=O)O. The van der Waals surface area contributed by atoms with Crippen LogP contribution in [-0.4, -0.2) is 73.7 Å². The van der Waals surface area contributed by atoms with Crippen LogP contribution in [0.2, 0.25) is 0 Å². The molecule has 0 radical (unpaired) electrons. The van der Waals surface area contributed by atoms with E-state index in [0.29, 0.717) is 5.69 Å². The van der Waals surface area contributed by atoms with Gasteiger partial charge in [0.25, 0.3) is 0 Å². The second-order valence-corrected chi connectivity index (χ2v) is 8.69. The van der Waals surface area contributed by atoms with Crippen LogP contribution in [-0.2, 0) is 32.0 Å². The van der Waals surface area contributed by atoms with E-state index in [4.69, 9.17) is 10.8 Å². The fourth-order valence-corrected chi connectivity index (χ4v) is 3.84. The zero-order chi connectivity index (χ0) is 26.2. The number of carboxylic acids is 1. The highest BCUT2D eigenvalue weighted by molar-refractivity contribution is 7.80. The lowest BCUT2D eigenvalue weighted by Gasteiger charge is -2.23. The Morgan fingerprint density at radius 1 is 1.03 bits per heavy atom. The van der Waals surface area contributed by atoms with Crippen molar-refractivity contribution in [1.82, 2.24) is 30.9 Å². The van der Waals surface area contributed by atoms with E-state index in [0.717, 1.165) is 16.5 Å². The number of nitrogens with zero attached hydrogens (tertiary/aromatic N) is 1. The van der Waals surface area contributed by atoms with Gasteiger partial charge in [-0.1, -0.05) is 18.2 Å². The summed E-state index contributed by atoms with van der Waals surface area (Å²) in [5.41, 5.74) is 8.36. The number of carboxylic acid groups (broad SMARTS) is 1. The van der Waals surface area contributed by atoms with Crippen LogP contribution in [0.15, 0.2) is 43.0 Å². The van der Waals surface area contributed by atoms with E-state index in [1.54, 1.807) is 12.4 Å². The molecule has 3 aromatic rings. The summed E-state index contributed by atoms with van der Waals surface area (Å²) in [4.78, 5) is 59.5. The molecule has 0 bridgehead atoms. The van der Waals surface area contributed by atoms with Crippen molar-refractivity contribution in [3.8, 4) is 0 Å². The van der Waals surface area contributed by atoms with Crippen LogP contribution in [0.5, 0.6) is 0 Å². The van der Waals surface area contributed by atoms with Crippen LogP contribution in [0.25, 0.3) is 10.9 Å². The van der Waals surface area contributed by atoms with Crippen molar-refractivity contribution in [2.45, 2.75) is 43.9 Å². The van der Waals surface area contributed by atoms with Crippen molar-refractivity contribution in [2.75, 3.05) is 5.75 Å². The summed E-state index contributed by atoms with van der Waals surface area (Å²) in [5, 5.41) is 17.6. The molecular weight excluding hydrogens is 486 g/mol. The molecule has 4 atom stereocenters. The predicted molar refractivity (Wildman–Crippen MR) is 135 cm³/mol. The first-order chi connectivity index (χ1) is 17.2. The largest absolute Gasteiger partial charge is 0.480 e. The third-order valence-electron chi connectivity index (χ3n) is 5.61. The van der Waals surface area contributed by atoms with Crippen molar-refractivity contribution in [3.05, 3.63) is 54.2 Å². The molecule has 8 N–H and O–H groups in total. The number of carbonyl (C=O) groups excluding carboxylic acids is 3. The molecule has 0 fully saturated rings. The molecular formula is C23H29N7O5S. The average molecular weight is 516 g/mol. The minimum absolute atomic E-state index is 0.116. The number of H-pyrrole nitrogens is 2. The first-order valence-electron chi connectivity index (χ1n) is 11.2. The number of para-hydroxylation sites is 1. The van der Waals surface area contributed by atoms with E-state index >= 15 is 0 Å². The van der Waals surface area contributed by atoms with Gasteiger partial charge in [-0.2, -0.15) is 12.6 Å². The number of carbonyl (C=O) groups is 4. The molecule has 0 saturated carbocycles. The number of nitrogens with two attached hydrogens (primary N) is 1. The van der Waals surface area contributed by atoms with Gasteiger partial charge in [0.2, 0.25) is 17.7 Å². The second-order valence-electron chi connectivity index (χ2n) is 8.32. The summed E-state index contributed by atoms with van der Waals surface area (Å²) in [6, 6.07) is 3.23. The van der Waals surface area contributed by atoms with E-state index in [1.165, 1.54) is 13.3 Å². The third kappa shape index (κ3) is 6.86. The number of imidazole rings is 1. The molecule has 1 aromatic carbocycles. The molecule has 36 heavy (non-hydrogen) atoms. The molecule has 3 amide bonds. The van der Waals surface area contributed by atoms with Gasteiger partial charge in [0.05, 0.1) is 12.4 Å². The van der Waals surface area contributed by atoms with Crippen molar-refractivity contribution in [3.63, 3.8) is 0 Å². The smallest absolute Gasteiger partial charge is 0.327 e. The lowest BCUT2D eigenvalue weighted by Crippen LogP contribution is -2.57. The number of hydrogen-bond acceptors (Lipinski definition) is 7. The van der Waals surface area contributed by atoms with Gasteiger partial charge < -0.3 is 36.8 Å². The minimum Gasteiger partial charge on any atom is -0.480 e. The van der Waals surface area contributed by atoms with Crippen molar-refractivity contribution in [1.29, 1.82) is 0 Å². The Hall–Kier alpha value is -3.84. The molecule has 0 aliphatic heterocycles. The van der Waals surface area contributed by atoms with Crippen LogP contribution in [0, 0.1) is 0 Å². The molecule has 0 spiro atoms. The first kappa shape index (κ1) is 26.8. The molecule has 0 aliphatic rings. The van der Waals surface area contributed by atoms with Crippen LogP contribution in [0.4, 0.5) is 0 Å². The highest BCUT2D eigenvalue weighted by Gasteiger charge is 2.29. The molecule has 0 aliphatic carbocycles. The maximum Gasteiger partial charge on any atom is 0.327 e. The molecule has 12 nitrogen and oxygen atoms in total. The van der Waals surface area contributed by atoms with Crippen LogP contribution >= 0.6 is 12.6 Å². The fraction of sp³-hybridized carbons (Fsp3) is 0.348. The summed E-state index contributed by atoms with van der Waals surface area (Å²) >= 11 is 3.92. The number of benzene rings is 1. The third-order valence-corrected chi connectivity index (χ3v) is 5.98. The average Bonchev–Trinajstić information content (AvgIpc) is 3.51. The van der Waals surface area contributed by atoms with E-state index in [2.05, 4.69) is 43.5 Å². The van der Waals surface area contributed by atoms with E-state index in [-0.39, 0.29) is 18.6 Å². The first-order valence-corrected chi connectivity index (χ1v) is 11.9. The Morgan fingerprint density at radius 3 is 2.42 bits per heavy atom. The van der Waals surface area contributed by atoms with Crippen LogP contribution < -0.4 is 21.7 Å². The predicted octanol–water partition coefficient (Wildman–Crippen LogP) is -0.508. The Balaban J connectivity index is 1.74. The zero-order valence-electron chi connectivity index (χ0n) is 19.5. The fourth-order valence-electron chi connectivity index (χ4n) is 3.60. The molecule has 0 saturated heterocycles. The van der Waals surface area contributed by atoms with Gasteiger partial charge in [-0.3, -0.25) is 14.4 Å². The maximum atomic E-state index is 13.2. The summed E-state index contributed by atoms with van der Waals surface area (Å²) < 4.78 is 0. The number of amides is 3. The highest BCUT2D eigenvalue weighted by Crippen LogP contribution is 2.19. The normalized spacial score (nSPS) is 14.4. The van der Waals surface area contributed by atoms with E-state index < -0.39 is 47.9 Å². The van der Waals surface area contributed by atoms with Crippen molar-refractivity contribution in [2.24, 2.45) is 5.73 Å². The minimum atomic E-state index is -1.24. The van der Waals surface area contributed by atoms with Gasteiger partial charge in [-0.05, 0) is 18.6 Å². The molecule has 4 unspecified atom stereocenters. The van der Waals surface area contributed by atoms with E-state index in [9.17, 15) is 19.2 Å². The Kier molecular flexibility index (Phi) is 9.08. The molecule has 2 aromatic heterocycles. The van der Waals surface area contributed by atoms with Gasteiger partial charge >= 0.3 is 5.97 Å². The summed E-state index contributed by atoms with van der Waals surface area (Å²) in [6.45, 7) is 1.42. The number of aliphatic carboxylic acids is 1. The topological polar surface area (TPSA) is 195 Å². The van der Waals surface area contributed by atoms with Crippen molar-refractivity contribution >= 4 is 47.2 Å². The Morgan fingerprint density at radius 2 is 1.75 bits per heavy atom. The quantitative estimate of drug-likeness (QED) is 0.149. The van der Waals surface area contributed by atoms with Crippen molar-refractivity contribution < 1.29 is 24.3 Å². The number of thiol groups is 1. The van der Waals surface area contributed by atoms with Crippen LogP contribution in [0.3, 0.4) is 0 Å². The highest BCUT2D eigenvalue weighted by atomic mass is 32.1. The Bertz CT molecular complexity index is 1210. The zero-order valence-corrected chi connectivity index (χ0v) is 20.4. The number of aromatic nitrogens is 3. The maximum absolute atomic E-state index is 13.2. The summed E-state index contributed by atoms with van der Waals surface area (Å²) in [6.07, 6.45) is 5.09. The number of fused-ring (bicyclic) bond motifs is 1. The van der Waals surface area contributed by atoms with Gasteiger partial charge in [0.15, 0.2) is 0 Å². The van der Waals surface area contributed by atoms with Gasteiger partial charge in [0.1, 0.15) is 18.1 Å². The Labute approximate surface area is 212 Å². The lowest BCUT2D eigenvalue weighted by molar-refractivity contribution is -0.141. The molecule has 13 heteroatoms. The van der Waals surface area contributed by atoms with Crippen LogP contribution in [0.1, 0.15) is 18.2 Å². The number of nitrogens with one attached hydrogen (secondary N) is 5. The molecule has 3 rings (SSSR count). The van der Waals surface area contributed by atoms with Gasteiger partial charge in [0, 0.05) is 47.6 Å². The molecule has 2 heterocycles. The van der Waals surface area contributed by atoms with Gasteiger partial charge in [-0.15, -0.1) is 0 Å². The summed E-state index contributed by atoms with van der Waals surface area (Å²) in [5.74, 6) is -3.23. The lowest BCUT2D eigenvalue weighted by atomic mass is 10.0. The summed E-state index contributed by atoms with van der Waals surface area (Å²) in [7, 11) is 0. The number of hydrogen-bond donors (Lipinski definition) is 8. The number of aromatic amines is 2. The number of rotatable bonds is 12. The van der Waals surface area contributed by atoms with Gasteiger partial charge in [-0.25, -0.2) is 9.78 Å². The second kappa shape index (κ2) is 12.2. The van der Waals surface area contributed by atoms with E-state index in [1.807, 2.05) is 24.3 Å². The monoisotopic (exact) mass is 515 g/mol. The molecule has 192 valence electrons.